The lowest BCUT2D eigenvalue weighted by molar-refractivity contribution is -0.145. The first kappa shape index (κ1) is 11.5. The van der Waals surface area contributed by atoms with E-state index in [2.05, 4.69) is 0 Å². The normalized spacial score (nSPS) is 19.4. The van der Waals surface area contributed by atoms with Crippen molar-refractivity contribution in [1.82, 2.24) is 4.90 Å². The van der Waals surface area contributed by atoms with Gasteiger partial charge in [0.2, 0.25) is 0 Å². The maximum absolute atomic E-state index is 11.8. The van der Waals surface area contributed by atoms with Crippen molar-refractivity contribution < 1.29 is 14.3 Å². The lowest BCUT2D eigenvalue weighted by Gasteiger charge is -2.29. The second kappa shape index (κ2) is 5.98. The number of amides is 1. The van der Waals surface area contributed by atoms with Gasteiger partial charge in [-0.25, -0.2) is 0 Å². The summed E-state index contributed by atoms with van der Waals surface area (Å²) in [7, 11) is 3.13. The molecule has 1 fully saturated rings. The molecule has 0 aromatic carbocycles. The highest BCUT2D eigenvalue weighted by Gasteiger charge is 2.24. The Kier molecular flexibility index (Phi) is 4.90. The third-order valence-electron chi connectivity index (χ3n) is 2.55. The van der Waals surface area contributed by atoms with Crippen LogP contribution in [0.5, 0.6) is 0 Å². The maximum atomic E-state index is 11.8. The van der Waals surface area contributed by atoms with E-state index in [-0.39, 0.29) is 5.91 Å². The second-order valence-corrected chi connectivity index (χ2v) is 3.57. The molecule has 1 aliphatic rings. The molecule has 0 saturated carbocycles. The van der Waals surface area contributed by atoms with Gasteiger partial charge in [-0.3, -0.25) is 4.79 Å². The molecule has 4 nitrogen and oxygen atoms in total. The van der Waals surface area contributed by atoms with Crippen LogP contribution in [0.2, 0.25) is 0 Å². The van der Waals surface area contributed by atoms with E-state index in [1.54, 1.807) is 14.2 Å². The van der Waals surface area contributed by atoms with Crippen LogP contribution in [0.1, 0.15) is 19.3 Å². The van der Waals surface area contributed by atoms with Crippen molar-refractivity contribution in [2.45, 2.75) is 25.4 Å². The molecular formula is C10H19NO3. The molecule has 0 bridgehead atoms. The minimum Gasteiger partial charge on any atom is -0.381 e. The summed E-state index contributed by atoms with van der Waals surface area (Å²) < 4.78 is 10.0. The van der Waals surface area contributed by atoms with Crippen molar-refractivity contribution in [1.29, 1.82) is 0 Å². The molecule has 0 N–H and O–H groups in total. The summed E-state index contributed by atoms with van der Waals surface area (Å²) in [5.41, 5.74) is 0. The Balaban J connectivity index is 2.43. The Hall–Kier alpha value is -0.610. The zero-order valence-corrected chi connectivity index (χ0v) is 8.99. The number of rotatable bonds is 4. The van der Waals surface area contributed by atoms with Gasteiger partial charge in [-0.15, -0.1) is 0 Å². The highest BCUT2D eigenvalue weighted by atomic mass is 16.5. The molecule has 14 heavy (non-hydrogen) atoms. The van der Waals surface area contributed by atoms with Crippen molar-refractivity contribution in [3.63, 3.8) is 0 Å². The number of nitrogens with zero attached hydrogens (tertiary/aromatic N) is 1. The van der Waals surface area contributed by atoms with Crippen LogP contribution in [0.25, 0.3) is 0 Å². The lowest BCUT2D eigenvalue weighted by atomic mass is 10.1. The number of ether oxygens (including phenoxy) is 2. The van der Waals surface area contributed by atoms with E-state index in [1.807, 2.05) is 4.90 Å². The minimum atomic E-state index is -0.432. The number of hydrogen-bond donors (Lipinski definition) is 0. The molecule has 0 aromatic rings. The van der Waals surface area contributed by atoms with Crippen molar-refractivity contribution in [3.8, 4) is 0 Å². The van der Waals surface area contributed by atoms with Crippen LogP contribution in [0.4, 0.5) is 0 Å². The number of likely N-dealkylation sites (tertiary alicyclic amines) is 1. The number of hydrogen-bond acceptors (Lipinski definition) is 3. The smallest absolute Gasteiger partial charge is 0.254 e. The average molecular weight is 201 g/mol. The average Bonchev–Trinajstić information content (AvgIpc) is 2.26. The first-order valence-electron chi connectivity index (χ1n) is 5.10. The van der Waals surface area contributed by atoms with E-state index in [4.69, 9.17) is 9.47 Å². The molecule has 1 saturated heterocycles. The van der Waals surface area contributed by atoms with Crippen LogP contribution in [0.3, 0.4) is 0 Å². The molecule has 0 unspecified atom stereocenters. The van der Waals surface area contributed by atoms with E-state index in [1.165, 1.54) is 6.42 Å². The summed E-state index contributed by atoms with van der Waals surface area (Å²) in [4.78, 5) is 13.7. The number of piperidine rings is 1. The van der Waals surface area contributed by atoms with E-state index in [0.717, 1.165) is 25.9 Å². The predicted molar refractivity (Wildman–Crippen MR) is 53.1 cm³/mol. The Morgan fingerprint density at radius 1 is 1.29 bits per heavy atom. The molecule has 1 amide bonds. The molecule has 1 atom stereocenters. The highest BCUT2D eigenvalue weighted by molar-refractivity contribution is 5.81. The molecule has 1 rings (SSSR count). The zero-order valence-electron chi connectivity index (χ0n) is 8.99. The third kappa shape index (κ3) is 2.96. The molecule has 1 aliphatic heterocycles. The van der Waals surface area contributed by atoms with Crippen LogP contribution >= 0.6 is 0 Å². The van der Waals surface area contributed by atoms with Crippen molar-refractivity contribution in [2.24, 2.45) is 0 Å². The van der Waals surface area contributed by atoms with Gasteiger partial charge in [0, 0.05) is 27.3 Å². The van der Waals surface area contributed by atoms with Crippen LogP contribution in [-0.4, -0.2) is 50.8 Å². The van der Waals surface area contributed by atoms with Gasteiger partial charge in [0.05, 0.1) is 6.61 Å². The Bertz CT molecular complexity index is 171. The SMILES string of the molecule is COC[C@@H](OC)C(=O)N1CCCCC1. The molecule has 4 heteroatoms. The fourth-order valence-corrected chi connectivity index (χ4v) is 1.71. The summed E-state index contributed by atoms with van der Waals surface area (Å²) in [6, 6.07) is 0. The first-order chi connectivity index (χ1) is 6.79. The van der Waals surface area contributed by atoms with Crippen molar-refractivity contribution in [3.05, 3.63) is 0 Å². The van der Waals surface area contributed by atoms with Gasteiger partial charge < -0.3 is 14.4 Å². The number of methoxy groups -OCH3 is 2. The summed E-state index contributed by atoms with van der Waals surface area (Å²) >= 11 is 0. The van der Waals surface area contributed by atoms with Gasteiger partial charge in [-0.2, -0.15) is 0 Å². The van der Waals surface area contributed by atoms with Crippen LogP contribution in [0.15, 0.2) is 0 Å². The van der Waals surface area contributed by atoms with Crippen molar-refractivity contribution >= 4 is 5.91 Å². The zero-order chi connectivity index (χ0) is 10.4. The lowest BCUT2D eigenvalue weighted by Crippen LogP contribution is -2.44. The van der Waals surface area contributed by atoms with E-state index >= 15 is 0 Å². The predicted octanol–water partition coefficient (Wildman–Crippen LogP) is 0.660. The van der Waals surface area contributed by atoms with Gasteiger partial charge in [0.15, 0.2) is 6.10 Å². The summed E-state index contributed by atoms with van der Waals surface area (Å²) in [5, 5.41) is 0. The summed E-state index contributed by atoms with van der Waals surface area (Å²) in [6.07, 6.45) is 3.01. The molecular weight excluding hydrogens is 182 g/mol. The molecule has 82 valence electrons. The molecule has 1 heterocycles. The number of carbonyl (C=O) groups is 1. The third-order valence-corrected chi connectivity index (χ3v) is 2.55. The summed E-state index contributed by atoms with van der Waals surface area (Å²) in [5.74, 6) is 0.0639. The monoisotopic (exact) mass is 201 g/mol. The van der Waals surface area contributed by atoms with Gasteiger partial charge in [0.1, 0.15) is 0 Å². The maximum Gasteiger partial charge on any atom is 0.254 e. The molecule has 0 radical (unpaired) electrons. The molecule has 0 spiro atoms. The van der Waals surface area contributed by atoms with Crippen LogP contribution in [0, 0.1) is 0 Å². The number of carbonyl (C=O) groups excluding carboxylic acids is 1. The van der Waals surface area contributed by atoms with E-state index in [9.17, 15) is 4.79 Å². The van der Waals surface area contributed by atoms with Gasteiger partial charge >= 0.3 is 0 Å². The molecule has 0 aromatic heterocycles. The Morgan fingerprint density at radius 3 is 2.43 bits per heavy atom. The van der Waals surface area contributed by atoms with Crippen LogP contribution < -0.4 is 0 Å². The van der Waals surface area contributed by atoms with Gasteiger partial charge in [-0.05, 0) is 19.3 Å². The van der Waals surface area contributed by atoms with Crippen LogP contribution in [-0.2, 0) is 14.3 Å². The largest absolute Gasteiger partial charge is 0.381 e. The second-order valence-electron chi connectivity index (χ2n) is 3.57. The Labute approximate surface area is 85.2 Å². The van der Waals surface area contributed by atoms with E-state index < -0.39 is 6.10 Å². The quantitative estimate of drug-likeness (QED) is 0.670. The standard InChI is InChI=1S/C10H19NO3/c1-13-8-9(14-2)10(12)11-6-4-3-5-7-11/h9H,3-8H2,1-2H3/t9-/m1/s1. The van der Waals surface area contributed by atoms with Gasteiger partial charge in [-0.1, -0.05) is 0 Å². The molecule has 0 aliphatic carbocycles. The van der Waals surface area contributed by atoms with E-state index in [0.29, 0.717) is 6.61 Å². The first-order valence-corrected chi connectivity index (χ1v) is 5.10. The Morgan fingerprint density at radius 2 is 1.93 bits per heavy atom. The minimum absolute atomic E-state index is 0.0639. The highest BCUT2D eigenvalue weighted by Crippen LogP contribution is 2.10. The van der Waals surface area contributed by atoms with Crippen molar-refractivity contribution in [2.75, 3.05) is 33.9 Å². The fraction of sp³-hybridized carbons (Fsp3) is 0.900. The topological polar surface area (TPSA) is 38.8 Å². The summed E-state index contributed by atoms with van der Waals surface area (Å²) in [6.45, 7) is 2.07. The van der Waals surface area contributed by atoms with Gasteiger partial charge in [0.25, 0.3) is 5.91 Å². The fourth-order valence-electron chi connectivity index (χ4n) is 1.71.